The van der Waals surface area contributed by atoms with E-state index in [2.05, 4.69) is 15.2 Å². The molecule has 6 heteroatoms. The van der Waals surface area contributed by atoms with Crippen LogP contribution in [0.25, 0.3) is 10.9 Å². The fraction of sp³-hybridized carbons (Fsp3) is 0. The molecule has 0 unspecified atom stereocenters. The van der Waals surface area contributed by atoms with Crippen LogP contribution in [0.3, 0.4) is 0 Å². The van der Waals surface area contributed by atoms with E-state index in [0.29, 0.717) is 27.2 Å². The number of aromatic amines is 1. The fourth-order valence-electron chi connectivity index (χ4n) is 1.72. The van der Waals surface area contributed by atoms with E-state index in [-0.39, 0.29) is 0 Å². The lowest BCUT2D eigenvalue weighted by atomic mass is 10.2. The van der Waals surface area contributed by atoms with Gasteiger partial charge in [-0.05, 0) is 18.2 Å². The minimum Gasteiger partial charge on any atom is -0.423 e. The van der Waals surface area contributed by atoms with Gasteiger partial charge in [-0.3, -0.25) is 10.1 Å². The van der Waals surface area contributed by atoms with E-state index < -0.39 is 5.97 Å². The Balaban J connectivity index is 1.94. The van der Waals surface area contributed by atoms with Gasteiger partial charge >= 0.3 is 5.97 Å². The van der Waals surface area contributed by atoms with Crippen molar-refractivity contribution >= 4 is 28.5 Å². The average Bonchev–Trinajstić information content (AvgIpc) is 2.86. The lowest BCUT2D eigenvalue weighted by molar-refractivity contribution is 0.0736. The predicted molar refractivity (Wildman–Crippen MR) is 70.3 cm³/mol. The number of halogens is 1. The number of aromatic nitrogens is 3. The van der Waals surface area contributed by atoms with Gasteiger partial charge in [-0.2, -0.15) is 5.10 Å². The zero-order chi connectivity index (χ0) is 13.2. The van der Waals surface area contributed by atoms with Gasteiger partial charge in [0.15, 0.2) is 0 Å². The van der Waals surface area contributed by atoms with Crippen molar-refractivity contribution in [3.05, 3.63) is 53.4 Å². The minimum atomic E-state index is -0.498. The van der Waals surface area contributed by atoms with E-state index in [1.807, 2.05) is 0 Å². The van der Waals surface area contributed by atoms with Crippen LogP contribution in [0, 0.1) is 0 Å². The summed E-state index contributed by atoms with van der Waals surface area (Å²) in [6.07, 6.45) is 4.61. The lowest BCUT2D eigenvalue weighted by Crippen LogP contribution is -2.09. The van der Waals surface area contributed by atoms with E-state index in [4.69, 9.17) is 16.3 Å². The molecule has 0 amide bonds. The largest absolute Gasteiger partial charge is 0.423 e. The maximum atomic E-state index is 12.1. The van der Waals surface area contributed by atoms with Crippen molar-refractivity contribution in [3.63, 3.8) is 0 Å². The highest BCUT2D eigenvalue weighted by Gasteiger charge is 2.14. The molecule has 3 rings (SSSR count). The molecule has 0 saturated heterocycles. The molecule has 0 aliphatic rings. The summed E-state index contributed by atoms with van der Waals surface area (Å²) in [5.74, 6) is -0.111. The Labute approximate surface area is 113 Å². The van der Waals surface area contributed by atoms with Gasteiger partial charge in [0.25, 0.3) is 0 Å². The minimum absolute atomic E-state index is 0.353. The topological polar surface area (TPSA) is 67.9 Å². The number of carbonyl (C=O) groups excluding carboxylic acids is 1. The highest BCUT2D eigenvalue weighted by Crippen LogP contribution is 2.20. The highest BCUT2D eigenvalue weighted by atomic mass is 35.5. The van der Waals surface area contributed by atoms with Crippen LogP contribution < -0.4 is 4.74 Å². The Morgan fingerprint density at radius 2 is 2.16 bits per heavy atom. The maximum Gasteiger partial charge on any atom is 0.345 e. The number of pyridine rings is 1. The van der Waals surface area contributed by atoms with Gasteiger partial charge in [0, 0.05) is 16.6 Å². The summed E-state index contributed by atoms with van der Waals surface area (Å²) in [7, 11) is 0. The summed E-state index contributed by atoms with van der Waals surface area (Å²) < 4.78 is 5.25. The van der Waals surface area contributed by atoms with E-state index in [0.717, 1.165) is 0 Å². The Morgan fingerprint density at radius 1 is 1.26 bits per heavy atom. The van der Waals surface area contributed by atoms with E-state index in [9.17, 15) is 4.79 Å². The quantitative estimate of drug-likeness (QED) is 0.576. The number of rotatable bonds is 2. The van der Waals surface area contributed by atoms with E-state index >= 15 is 0 Å². The number of hydrogen-bond donors (Lipinski definition) is 1. The molecule has 1 N–H and O–H groups in total. The molecule has 94 valence electrons. The molecule has 0 aliphatic heterocycles. The number of nitrogens with one attached hydrogen (secondary N) is 1. The van der Waals surface area contributed by atoms with Crippen LogP contribution in [-0.4, -0.2) is 21.2 Å². The fourth-order valence-corrected chi connectivity index (χ4v) is 1.90. The van der Waals surface area contributed by atoms with Crippen LogP contribution in [0.2, 0.25) is 5.02 Å². The second kappa shape index (κ2) is 4.70. The second-order valence-electron chi connectivity index (χ2n) is 3.87. The number of esters is 1. The number of ether oxygens (including phenoxy) is 1. The van der Waals surface area contributed by atoms with Crippen molar-refractivity contribution in [2.75, 3.05) is 0 Å². The first-order valence-electron chi connectivity index (χ1n) is 5.49. The summed E-state index contributed by atoms with van der Waals surface area (Å²) in [5, 5.41) is 7.79. The molecule has 0 spiro atoms. The van der Waals surface area contributed by atoms with Crippen LogP contribution in [0.5, 0.6) is 5.75 Å². The Kier molecular flexibility index (Phi) is 2.89. The molecule has 0 bridgehead atoms. The molecule has 2 heterocycles. The predicted octanol–water partition coefficient (Wildman–Crippen LogP) is 2.83. The van der Waals surface area contributed by atoms with Gasteiger partial charge < -0.3 is 4.74 Å². The number of fused-ring (bicyclic) bond motifs is 1. The Hall–Kier alpha value is -2.40. The summed E-state index contributed by atoms with van der Waals surface area (Å²) in [6, 6.07) is 6.65. The standard InChI is InChI=1S/C13H8ClN3O2/c14-8-2-1-3-9(4-8)19-13(18)11-5-15-7-12-10(11)6-16-17-12/h1-7H,(H,16,17). The molecule has 3 aromatic rings. The molecule has 0 fully saturated rings. The Morgan fingerprint density at radius 3 is 3.00 bits per heavy atom. The molecule has 1 aromatic carbocycles. The van der Waals surface area contributed by atoms with Crippen molar-refractivity contribution in [2.45, 2.75) is 0 Å². The van der Waals surface area contributed by atoms with Gasteiger partial charge in [-0.15, -0.1) is 0 Å². The zero-order valence-corrected chi connectivity index (χ0v) is 10.4. The third-order valence-corrected chi connectivity index (χ3v) is 2.83. The van der Waals surface area contributed by atoms with E-state index in [1.165, 1.54) is 6.20 Å². The summed E-state index contributed by atoms with van der Waals surface area (Å²) in [4.78, 5) is 16.1. The van der Waals surface area contributed by atoms with Gasteiger partial charge in [-0.25, -0.2) is 4.79 Å². The molecule has 2 aromatic heterocycles. The molecule has 5 nitrogen and oxygen atoms in total. The smallest absolute Gasteiger partial charge is 0.345 e. The number of hydrogen-bond acceptors (Lipinski definition) is 4. The third kappa shape index (κ3) is 2.28. The first-order valence-corrected chi connectivity index (χ1v) is 5.86. The molecule has 0 saturated carbocycles. The second-order valence-corrected chi connectivity index (χ2v) is 4.30. The van der Waals surface area contributed by atoms with Gasteiger partial charge in [-0.1, -0.05) is 17.7 Å². The van der Waals surface area contributed by atoms with Gasteiger partial charge in [0.05, 0.1) is 23.5 Å². The van der Waals surface area contributed by atoms with Crippen LogP contribution in [0.4, 0.5) is 0 Å². The van der Waals surface area contributed by atoms with Crippen LogP contribution in [-0.2, 0) is 0 Å². The van der Waals surface area contributed by atoms with Crippen LogP contribution >= 0.6 is 11.6 Å². The summed E-state index contributed by atoms with van der Waals surface area (Å²) in [6.45, 7) is 0. The maximum absolute atomic E-state index is 12.1. The lowest BCUT2D eigenvalue weighted by Gasteiger charge is -2.04. The van der Waals surface area contributed by atoms with Crippen LogP contribution in [0.1, 0.15) is 10.4 Å². The molecular weight excluding hydrogens is 266 g/mol. The SMILES string of the molecule is O=C(Oc1cccc(Cl)c1)c1cncc2[nH]ncc12. The Bertz CT molecular complexity index is 754. The third-order valence-electron chi connectivity index (χ3n) is 2.59. The summed E-state index contributed by atoms with van der Waals surface area (Å²) >= 11 is 5.83. The van der Waals surface area contributed by atoms with Gasteiger partial charge in [0.2, 0.25) is 0 Å². The molecular formula is C13H8ClN3O2. The molecule has 0 aliphatic carbocycles. The van der Waals surface area contributed by atoms with Crippen molar-refractivity contribution in [1.29, 1.82) is 0 Å². The summed E-state index contributed by atoms with van der Waals surface area (Å²) in [5.41, 5.74) is 1.03. The van der Waals surface area contributed by atoms with E-state index in [1.54, 1.807) is 36.7 Å². The van der Waals surface area contributed by atoms with Crippen molar-refractivity contribution < 1.29 is 9.53 Å². The molecule has 0 radical (unpaired) electrons. The van der Waals surface area contributed by atoms with Crippen LogP contribution in [0.15, 0.2) is 42.9 Å². The van der Waals surface area contributed by atoms with Crippen molar-refractivity contribution in [3.8, 4) is 5.75 Å². The molecule has 0 atom stereocenters. The zero-order valence-electron chi connectivity index (χ0n) is 9.63. The highest BCUT2D eigenvalue weighted by molar-refractivity contribution is 6.30. The first-order chi connectivity index (χ1) is 9.24. The molecule has 19 heavy (non-hydrogen) atoms. The monoisotopic (exact) mass is 273 g/mol. The number of nitrogens with zero attached hydrogens (tertiary/aromatic N) is 2. The first kappa shape index (κ1) is 11.7. The van der Waals surface area contributed by atoms with Crippen molar-refractivity contribution in [1.82, 2.24) is 15.2 Å². The van der Waals surface area contributed by atoms with Crippen molar-refractivity contribution in [2.24, 2.45) is 0 Å². The van der Waals surface area contributed by atoms with Gasteiger partial charge in [0.1, 0.15) is 5.75 Å². The number of H-pyrrole nitrogens is 1. The average molecular weight is 274 g/mol. The number of carbonyl (C=O) groups is 1. The normalized spacial score (nSPS) is 10.6. The number of benzene rings is 1.